The molecule has 3 aromatic rings. The first-order valence-corrected chi connectivity index (χ1v) is 10.6. The summed E-state index contributed by atoms with van der Waals surface area (Å²) >= 11 is 6.29. The maximum absolute atomic E-state index is 11.1. The van der Waals surface area contributed by atoms with Crippen molar-refractivity contribution < 1.29 is 19.1 Å². The largest absolute Gasteiger partial charge is 0.493 e. The second-order valence-electron chi connectivity index (χ2n) is 7.72. The predicted molar refractivity (Wildman–Crippen MR) is 123 cm³/mol. The molecular weight excluding hydrogens is 446 g/mol. The Balaban J connectivity index is 1.57. The van der Waals surface area contributed by atoms with Crippen molar-refractivity contribution in [2.24, 2.45) is 5.10 Å². The van der Waals surface area contributed by atoms with E-state index in [9.17, 15) is 10.1 Å². The van der Waals surface area contributed by atoms with Crippen LogP contribution < -0.4 is 14.2 Å². The van der Waals surface area contributed by atoms with Gasteiger partial charge in [-0.1, -0.05) is 11.6 Å². The van der Waals surface area contributed by atoms with Gasteiger partial charge in [-0.05, 0) is 48.5 Å². The second kappa shape index (κ2) is 8.29. The molecule has 2 atom stereocenters. The van der Waals surface area contributed by atoms with Crippen LogP contribution in [0.4, 0.5) is 5.69 Å². The van der Waals surface area contributed by atoms with Gasteiger partial charge in [-0.3, -0.25) is 10.1 Å². The van der Waals surface area contributed by atoms with Crippen LogP contribution in [0.3, 0.4) is 0 Å². The zero-order chi connectivity index (χ0) is 23.1. The highest BCUT2D eigenvalue weighted by atomic mass is 35.5. The van der Waals surface area contributed by atoms with E-state index in [1.165, 1.54) is 12.1 Å². The van der Waals surface area contributed by atoms with Gasteiger partial charge < -0.3 is 14.2 Å². The Kier molecular flexibility index (Phi) is 5.30. The first-order chi connectivity index (χ1) is 16.0. The van der Waals surface area contributed by atoms with Gasteiger partial charge in [0.1, 0.15) is 5.75 Å². The molecular formula is C24H20ClN3O5. The van der Waals surface area contributed by atoms with E-state index in [1.807, 2.05) is 35.3 Å². The highest BCUT2D eigenvalue weighted by Crippen LogP contribution is 2.48. The Labute approximate surface area is 195 Å². The molecule has 0 spiro atoms. The number of rotatable bonds is 5. The molecule has 2 aliphatic rings. The van der Waals surface area contributed by atoms with Crippen molar-refractivity contribution in [1.29, 1.82) is 0 Å². The Morgan fingerprint density at radius 1 is 1.06 bits per heavy atom. The smallest absolute Gasteiger partial charge is 0.269 e. The Hall–Kier alpha value is -3.78. The number of nitro groups is 1. The van der Waals surface area contributed by atoms with E-state index in [0.717, 1.165) is 22.4 Å². The first kappa shape index (κ1) is 21.1. The summed E-state index contributed by atoms with van der Waals surface area (Å²) in [6.45, 7) is 0. The van der Waals surface area contributed by atoms with Crippen molar-refractivity contribution in [2.75, 3.05) is 14.2 Å². The first-order valence-electron chi connectivity index (χ1n) is 10.3. The molecule has 0 bridgehead atoms. The number of hydrogen-bond donors (Lipinski definition) is 0. The van der Waals surface area contributed by atoms with E-state index in [-0.39, 0.29) is 11.7 Å². The van der Waals surface area contributed by atoms with Crippen LogP contribution in [0, 0.1) is 10.1 Å². The molecule has 33 heavy (non-hydrogen) atoms. The van der Waals surface area contributed by atoms with E-state index in [4.69, 9.17) is 30.9 Å². The number of methoxy groups -OCH3 is 2. The SMILES string of the molecule is COc1ccc(C2=NN3[C@@H](c4ccc([N+](=O)[O-])cc4)Oc4ccc(Cl)cc4[C@@H]3C2)cc1OC. The lowest BCUT2D eigenvalue weighted by Gasteiger charge is -2.38. The molecule has 5 rings (SSSR count). The minimum absolute atomic E-state index is 0.0224. The molecule has 8 nitrogen and oxygen atoms in total. The van der Waals surface area contributed by atoms with E-state index in [1.54, 1.807) is 32.4 Å². The lowest BCUT2D eigenvalue weighted by molar-refractivity contribution is -0.384. The van der Waals surface area contributed by atoms with Crippen molar-refractivity contribution >= 4 is 23.0 Å². The summed E-state index contributed by atoms with van der Waals surface area (Å²) < 4.78 is 17.1. The maximum atomic E-state index is 11.1. The maximum Gasteiger partial charge on any atom is 0.269 e. The average Bonchev–Trinajstić information content (AvgIpc) is 3.29. The van der Waals surface area contributed by atoms with Crippen molar-refractivity contribution in [3.63, 3.8) is 0 Å². The van der Waals surface area contributed by atoms with Crippen LogP contribution in [0.25, 0.3) is 0 Å². The number of nitrogens with zero attached hydrogens (tertiary/aromatic N) is 3. The molecule has 0 amide bonds. The van der Waals surface area contributed by atoms with Crippen LogP contribution in [0.1, 0.15) is 35.4 Å². The molecule has 0 aliphatic carbocycles. The number of nitro benzene ring substituents is 1. The van der Waals surface area contributed by atoms with Crippen LogP contribution in [0.5, 0.6) is 17.2 Å². The summed E-state index contributed by atoms with van der Waals surface area (Å²) in [7, 11) is 3.19. The molecule has 0 N–H and O–H groups in total. The van der Waals surface area contributed by atoms with Gasteiger partial charge >= 0.3 is 0 Å². The third-order valence-electron chi connectivity index (χ3n) is 5.86. The number of fused-ring (bicyclic) bond motifs is 3. The lowest BCUT2D eigenvalue weighted by Crippen LogP contribution is -2.33. The minimum Gasteiger partial charge on any atom is -0.493 e. The summed E-state index contributed by atoms with van der Waals surface area (Å²) in [5.74, 6) is 1.98. The second-order valence-corrected chi connectivity index (χ2v) is 8.15. The van der Waals surface area contributed by atoms with Crippen LogP contribution >= 0.6 is 11.6 Å². The molecule has 9 heteroatoms. The van der Waals surface area contributed by atoms with Crippen LogP contribution in [0.15, 0.2) is 65.8 Å². The molecule has 2 heterocycles. The van der Waals surface area contributed by atoms with Gasteiger partial charge in [0.05, 0.1) is 30.9 Å². The normalized spacial score (nSPS) is 18.6. The zero-order valence-corrected chi connectivity index (χ0v) is 18.7. The fourth-order valence-corrected chi connectivity index (χ4v) is 4.41. The highest BCUT2D eigenvalue weighted by molar-refractivity contribution is 6.30. The Morgan fingerprint density at radius 3 is 2.52 bits per heavy atom. The summed E-state index contributed by atoms with van der Waals surface area (Å²) in [6, 6.07) is 17.5. The fourth-order valence-electron chi connectivity index (χ4n) is 4.23. The van der Waals surface area contributed by atoms with Gasteiger partial charge in [0, 0.05) is 40.3 Å². The van der Waals surface area contributed by atoms with Gasteiger partial charge in [-0.15, -0.1) is 0 Å². The fraction of sp³-hybridized carbons (Fsp3) is 0.208. The summed E-state index contributed by atoms with van der Waals surface area (Å²) in [5.41, 5.74) is 3.51. The van der Waals surface area contributed by atoms with Crippen molar-refractivity contribution in [3.8, 4) is 17.2 Å². The van der Waals surface area contributed by atoms with Gasteiger partial charge in [0.2, 0.25) is 6.23 Å². The third-order valence-corrected chi connectivity index (χ3v) is 6.09. The standard InChI is InChI=1S/C24H20ClN3O5/c1-31-22-9-5-15(11-23(22)32-2)19-13-20-18-12-16(25)6-10-21(18)33-24(27(20)26-19)14-3-7-17(8-4-14)28(29)30/h3-12,20,24H,13H2,1-2H3/t20-,24+/m0/s1. The number of hydrogen-bond acceptors (Lipinski definition) is 7. The van der Waals surface area contributed by atoms with Crippen LogP contribution in [0.2, 0.25) is 5.02 Å². The van der Waals surface area contributed by atoms with E-state index >= 15 is 0 Å². The Morgan fingerprint density at radius 2 is 1.82 bits per heavy atom. The minimum atomic E-state index is -0.540. The van der Waals surface area contributed by atoms with Gasteiger partial charge in [0.25, 0.3) is 5.69 Å². The number of halogens is 1. The molecule has 0 radical (unpaired) electrons. The molecule has 0 aromatic heterocycles. The van der Waals surface area contributed by atoms with Crippen molar-refractivity contribution in [1.82, 2.24) is 5.01 Å². The number of ether oxygens (including phenoxy) is 3. The third kappa shape index (κ3) is 3.72. The number of benzene rings is 3. The summed E-state index contributed by atoms with van der Waals surface area (Å²) in [5, 5.41) is 18.5. The van der Waals surface area contributed by atoms with Gasteiger partial charge in [-0.25, -0.2) is 5.01 Å². The molecule has 0 unspecified atom stereocenters. The molecule has 2 aliphatic heterocycles. The number of non-ortho nitro benzene ring substituents is 1. The van der Waals surface area contributed by atoms with E-state index < -0.39 is 11.2 Å². The van der Waals surface area contributed by atoms with E-state index in [0.29, 0.717) is 28.7 Å². The Bertz CT molecular complexity index is 1260. The van der Waals surface area contributed by atoms with Crippen molar-refractivity contribution in [3.05, 3.63) is 92.5 Å². The van der Waals surface area contributed by atoms with Gasteiger partial charge in [0.15, 0.2) is 11.5 Å². The van der Waals surface area contributed by atoms with Crippen molar-refractivity contribution in [2.45, 2.75) is 18.7 Å². The average molecular weight is 466 g/mol. The highest BCUT2D eigenvalue weighted by Gasteiger charge is 2.41. The molecule has 168 valence electrons. The zero-order valence-electron chi connectivity index (χ0n) is 17.9. The van der Waals surface area contributed by atoms with Crippen LogP contribution in [-0.4, -0.2) is 29.9 Å². The topological polar surface area (TPSA) is 86.4 Å². The summed E-state index contributed by atoms with van der Waals surface area (Å²) in [6.07, 6.45) is 0.0949. The quantitative estimate of drug-likeness (QED) is 0.365. The monoisotopic (exact) mass is 465 g/mol. The summed E-state index contributed by atoms with van der Waals surface area (Å²) in [4.78, 5) is 10.7. The predicted octanol–water partition coefficient (Wildman–Crippen LogP) is 5.51. The van der Waals surface area contributed by atoms with Crippen LogP contribution in [-0.2, 0) is 0 Å². The molecule has 0 fully saturated rings. The lowest BCUT2D eigenvalue weighted by atomic mass is 9.95. The number of hydrazone groups is 1. The molecule has 0 saturated carbocycles. The molecule has 3 aromatic carbocycles. The van der Waals surface area contributed by atoms with E-state index in [2.05, 4.69) is 0 Å². The van der Waals surface area contributed by atoms with Gasteiger partial charge in [-0.2, -0.15) is 5.10 Å². The molecule has 0 saturated heterocycles.